The largest absolute Gasteiger partial charge is 0.508 e. The van der Waals surface area contributed by atoms with Crippen molar-refractivity contribution in [2.24, 2.45) is 30.2 Å². The molecule has 4 aromatic rings. The second-order valence-corrected chi connectivity index (χ2v) is 16.4. The summed E-state index contributed by atoms with van der Waals surface area (Å²) in [6, 6.07) is 0.131. The van der Waals surface area contributed by atoms with E-state index in [1.807, 2.05) is 31.7 Å². The first-order valence-corrected chi connectivity index (χ1v) is 19.3. The van der Waals surface area contributed by atoms with Crippen molar-refractivity contribution in [3.8, 4) is 5.75 Å². The van der Waals surface area contributed by atoms with E-state index in [2.05, 4.69) is 31.1 Å². The molecule has 0 aliphatic heterocycles. The maximum Gasteiger partial charge on any atom is 0.405 e. The topological polar surface area (TPSA) is 228 Å². The molecular weight excluding hydrogens is 704 g/mol. The smallest absolute Gasteiger partial charge is 0.405 e. The van der Waals surface area contributed by atoms with Crippen LogP contribution < -0.4 is 21.7 Å². The van der Waals surface area contributed by atoms with E-state index in [0.717, 1.165) is 40.9 Å². The first-order valence-electron chi connectivity index (χ1n) is 19.3. The first-order chi connectivity index (χ1) is 26.3. The van der Waals surface area contributed by atoms with Gasteiger partial charge in [0.1, 0.15) is 23.9 Å². The van der Waals surface area contributed by atoms with Gasteiger partial charge in [-0.15, -0.1) is 0 Å². The summed E-state index contributed by atoms with van der Waals surface area (Å²) < 4.78 is 9.42. The minimum Gasteiger partial charge on any atom is -0.508 e. The Hall–Kier alpha value is -5.41. The van der Waals surface area contributed by atoms with Gasteiger partial charge in [-0.3, -0.25) is 9.59 Å². The minimum absolute atomic E-state index is 0.0677. The van der Waals surface area contributed by atoms with E-state index in [4.69, 9.17) is 15.2 Å². The molecule has 3 atom stereocenters. The van der Waals surface area contributed by atoms with Crippen LogP contribution in [-0.2, 0) is 42.4 Å². The summed E-state index contributed by atoms with van der Waals surface area (Å²) in [5.74, 6) is 2.44. The fourth-order valence-electron chi connectivity index (χ4n) is 9.97. The number of nitrogens with one attached hydrogen (secondary N) is 3. The van der Waals surface area contributed by atoms with Crippen LogP contribution in [0.2, 0.25) is 0 Å². The van der Waals surface area contributed by atoms with E-state index in [1.165, 1.54) is 38.5 Å². The van der Waals surface area contributed by atoms with Gasteiger partial charge >= 0.3 is 6.09 Å². The second-order valence-electron chi connectivity index (χ2n) is 16.4. The number of carbonyl (C=O) groups is 3. The predicted octanol–water partition coefficient (Wildman–Crippen LogP) is 3.91. The van der Waals surface area contributed by atoms with Gasteiger partial charge in [0.2, 0.25) is 17.7 Å². The number of rotatable bonds is 16. The molecule has 294 valence electrons. The maximum atomic E-state index is 14.5. The Balaban J connectivity index is 1.12. The molecule has 4 saturated carbocycles. The highest BCUT2D eigenvalue weighted by atomic mass is 16.5. The maximum absolute atomic E-state index is 14.5. The van der Waals surface area contributed by atoms with E-state index in [0.29, 0.717) is 30.4 Å². The van der Waals surface area contributed by atoms with Crippen LogP contribution in [0, 0.1) is 37.0 Å². The van der Waals surface area contributed by atoms with Gasteiger partial charge in [-0.1, -0.05) is 5.16 Å². The van der Waals surface area contributed by atoms with Gasteiger partial charge in [0.15, 0.2) is 11.8 Å². The Morgan fingerprint density at radius 1 is 0.982 bits per heavy atom. The first kappa shape index (κ1) is 37.9. The summed E-state index contributed by atoms with van der Waals surface area (Å²) in [4.78, 5) is 53.5. The van der Waals surface area contributed by atoms with Crippen molar-refractivity contribution >= 4 is 23.9 Å². The number of benzene rings is 1. The van der Waals surface area contributed by atoms with Gasteiger partial charge in [0.05, 0.1) is 12.0 Å². The van der Waals surface area contributed by atoms with Crippen molar-refractivity contribution in [1.82, 2.24) is 45.2 Å². The monoisotopic (exact) mass is 756 g/mol. The number of hydrogen-bond acceptors (Lipinski definition) is 10. The number of imidazole rings is 2. The summed E-state index contributed by atoms with van der Waals surface area (Å²) in [6.07, 6.45) is 14.6. The number of anilines is 1. The third kappa shape index (κ3) is 8.94. The Bertz CT molecular complexity index is 1960. The zero-order chi connectivity index (χ0) is 38.9. The Morgan fingerprint density at radius 3 is 2.25 bits per heavy atom. The molecule has 0 radical (unpaired) electrons. The molecule has 3 aromatic heterocycles. The van der Waals surface area contributed by atoms with Gasteiger partial charge < -0.3 is 45.6 Å². The number of nitrogens with zero attached hydrogens (tertiary/aromatic N) is 6. The standard InChI is InChI=1S/C39H52N10O6/c1-22-9-28(50)10-23(2)29(22)15-31(43-34(51)30(45-38(53)54)5-4-7-49-8-6-41-37(49)40)35(52)44-32(14-27-20-48(3)21-42-27)36-46-33(47-55-36)19-39-16-24-11-25(17-39)13-26(12-24)18-39/h6,8-10,20-21,24-26,30-32,45,50H,4-5,7,11-19H2,1-3H3,(H2,40,41)(H,43,51)(H,44,52)(H,53,54)/t24?,25?,26?,30?,31?,32-,39?/m0/s1. The van der Waals surface area contributed by atoms with Crippen molar-refractivity contribution < 1.29 is 29.1 Å². The molecule has 4 fully saturated rings. The van der Waals surface area contributed by atoms with E-state index in [1.54, 1.807) is 35.4 Å². The molecule has 16 heteroatoms. The molecule has 4 aliphatic rings. The van der Waals surface area contributed by atoms with Gasteiger partial charge in [0, 0.05) is 51.4 Å². The van der Waals surface area contributed by atoms with Crippen LogP contribution in [0.1, 0.15) is 91.5 Å². The molecule has 7 N–H and O–H groups in total. The average molecular weight is 757 g/mol. The van der Waals surface area contributed by atoms with Crippen LogP contribution in [0.4, 0.5) is 10.7 Å². The third-order valence-corrected chi connectivity index (χ3v) is 11.9. The number of phenolic OH excluding ortho intramolecular Hbond substituents is 1. The van der Waals surface area contributed by atoms with E-state index in [9.17, 15) is 24.6 Å². The van der Waals surface area contributed by atoms with Crippen molar-refractivity contribution in [2.75, 3.05) is 5.73 Å². The fourth-order valence-corrected chi connectivity index (χ4v) is 9.97. The third-order valence-electron chi connectivity index (χ3n) is 11.9. The predicted molar refractivity (Wildman–Crippen MR) is 200 cm³/mol. The molecule has 0 saturated heterocycles. The summed E-state index contributed by atoms with van der Waals surface area (Å²) in [5.41, 5.74) is 9.00. The molecule has 2 unspecified atom stereocenters. The molecular formula is C39H52N10O6. The number of nitrogens with two attached hydrogens (primary N) is 1. The van der Waals surface area contributed by atoms with Crippen LogP contribution in [0.25, 0.3) is 0 Å². The number of nitrogen functional groups attached to an aromatic ring is 1. The van der Waals surface area contributed by atoms with Crippen LogP contribution >= 0.6 is 0 Å². The lowest BCUT2D eigenvalue weighted by atomic mass is 9.49. The molecule has 1 aromatic carbocycles. The second kappa shape index (κ2) is 15.7. The van der Waals surface area contributed by atoms with Gasteiger partial charge in [-0.05, 0) is 117 Å². The number of carbonyl (C=O) groups excluding carboxylic acids is 2. The van der Waals surface area contributed by atoms with Crippen LogP contribution in [0.3, 0.4) is 0 Å². The molecule has 16 nitrogen and oxygen atoms in total. The van der Waals surface area contributed by atoms with E-state index >= 15 is 0 Å². The van der Waals surface area contributed by atoms with Crippen LogP contribution in [0.15, 0.2) is 41.6 Å². The number of amides is 3. The lowest BCUT2D eigenvalue weighted by Crippen LogP contribution is -2.55. The average Bonchev–Trinajstić information content (AvgIpc) is 3.85. The molecule has 0 spiro atoms. The zero-order valence-corrected chi connectivity index (χ0v) is 31.7. The molecule has 4 aliphatic carbocycles. The van der Waals surface area contributed by atoms with Gasteiger partial charge in [-0.25, -0.2) is 14.8 Å². The van der Waals surface area contributed by atoms with Crippen molar-refractivity contribution in [2.45, 2.75) is 109 Å². The van der Waals surface area contributed by atoms with E-state index in [-0.39, 0.29) is 36.3 Å². The summed E-state index contributed by atoms with van der Waals surface area (Å²) in [5, 5.41) is 32.5. The number of phenols is 1. The number of aryl methyl sites for hydroxylation is 4. The van der Waals surface area contributed by atoms with Crippen molar-refractivity contribution in [1.29, 1.82) is 0 Å². The fraction of sp³-hybridized carbons (Fsp3) is 0.564. The lowest BCUT2D eigenvalue weighted by Gasteiger charge is -2.56. The van der Waals surface area contributed by atoms with Crippen LogP contribution in [0.5, 0.6) is 5.75 Å². The van der Waals surface area contributed by atoms with E-state index < -0.39 is 36.0 Å². The summed E-state index contributed by atoms with van der Waals surface area (Å²) in [7, 11) is 1.86. The molecule has 4 bridgehead atoms. The summed E-state index contributed by atoms with van der Waals surface area (Å²) >= 11 is 0. The van der Waals surface area contributed by atoms with Gasteiger partial charge in [-0.2, -0.15) is 4.98 Å². The highest BCUT2D eigenvalue weighted by molar-refractivity contribution is 5.91. The normalized spacial score (nSPS) is 22.9. The quantitative estimate of drug-likeness (QED) is 0.0961. The summed E-state index contributed by atoms with van der Waals surface area (Å²) in [6.45, 7) is 4.06. The molecule has 8 rings (SSSR count). The Kier molecular flexibility index (Phi) is 10.8. The SMILES string of the molecule is Cc1cc(O)cc(C)c1CC(NC(=O)C(CCCn1ccnc1N)NC(=O)O)C(=O)N[C@@H](Cc1cn(C)cn1)c1nc(CC23CC4CC(CC(C4)C2)C3)no1. The number of aromatic nitrogens is 6. The lowest BCUT2D eigenvalue weighted by molar-refractivity contribution is -0.130. The molecule has 3 amide bonds. The minimum atomic E-state index is -1.37. The number of carboxylic acid groups (broad SMARTS) is 1. The Morgan fingerprint density at radius 2 is 1.65 bits per heavy atom. The highest BCUT2D eigenvalue weighted by Gasteiger charge is 2.51. The Labute approximate surface area is 319 Å². The van der Waals surface area contributed by atoms with Gasteiger partial charge in [0.25, 0.3) is 0 Å². The number of hydrogen-bond donors (Lipinski definition) is 6. The molecule has 55 heavy (non-hydrogen) atoms. The highest BCUT2D eigenvalue weighted by Crippen LogP contribution is 2.60. The molecule has 3 heterocycles. The van der Waals surface area contributed by atoms with Crippen molar-refractivity contribution in [3.63, 3.8) is 0 Å². The van der Waals surface area contributed by atoms with Crippen molar-refractivity contribution in [3.05, 3.63) is 71.1 Å². The zero-order valence-electron chi connectivity index (χ0n) is 31.7. The number of aromatic hydroxyl groups is 1. The van der Waals surface area contributed by atoms with Crippen LogP contribution in [-0.4, -0.2) is 69.4 Å².